The smallest absolute Gasteiger partial charge is 0.166 e. The first-order chi connectivity index (χ1) is 15.6. The maximum absolute atomic E-state index is 14.8. The quantitative estimate of drug-likeness (QED) is 0.250. The molecule has 0 saturated heterocycles. The van der Waals surface area contributed by atoms with Gasteiger partial charge in [-0.2, -0.15) is 0 Å². The van der Waals surface area contributed by atoms with Crippen LogP contribution in [0.5, 0.6) is 0 Å². The van der Waals surface area contributed by atoms with Gasteiger partial charge in [-0.05, 0) is 59.9 Å². The first kappa shape index (κ1) is 24.2. The number of halogens is 2. The van der Waals surface area contributed by atoms with E-state index in [9.17, 15) is 8.78 Å². The number of benzene rings is 3. The van der Waals surface area contributed by atoms with E-state index in [1.807, 2.05) is 24.3 Å². The lowest BCUT2D eigenvalue weighted by molar-refractivity contribution is 0.497. The molecule has 0 bridgehead atoms. The van der Waals surface area contributed by atoms with Crippen molar-refractivity contribution >= 4 is 0 Å². The molecule has 3 rings (SSSR count). The summed E-state index contributed by atoms with van der Waals surface area (Å²) in [7, 11) is 0. The highest BCUT2D eigenvalue weighted by Gasteiger charge is 2.14. The van der Waals surface area contributed by atoms with Crippen molar-refractivity contribution in [1.29, 1.82) is 0 Å². The van der Waals surface area contributed by atoms with Crippen LogP contribution in [0.3, 0.4) is 0 Å². The fourth-order valence-electron chi connectivity index (χ4n) is 4.18. The summed E-state index contributed by atoms with van der Waals surface area (Å²) in [5, 5.41) is 0. The lowest BCUT2D eigenvalue weighted by Crippen LogP contribution is -1.98. The molecular formula is C30H36F2. The molecule has 0 spiro atoms. The van der Waals surface area contributed by atoms with E-state index in [0.717, 1.165) is 37.7 Å². The molecule has 32 heavy (non-hydrogen) atoms. The van der Waals surface area contributed by atoms with Crippen molar-refractivity contribution in [3.8, 4) is 11.1 Å². The van der Waals surface area contributed by atoms with E-state index >= 15 is 0 Å². The maximum atomic E-state index is 14.8. The Hall–Kier alpha value is -2.48. The Bertz CT molecular complexity index is 955. The second-order valence-electron chi connectivity index (χ2n) is 8.78. The lowest BCUT2D eigenvalue weighted by atomic mass is 9.97. The summed E-state index contributed by atoms with van der Waals surface area (Å²) in [6.45, 7) is 4.36. The molecule has 0 fully saturated rings. The molecule has 0 radical (unpaired) electrons. The van der Waals surface area contributed by atoms with Crippen molar-refractivity contribution in [3.05, 3.63) is 94.6 Å². The molecule has 0 aliphatic heterocycles. The summed E-state index contributed by atoms with van der Waals surface area (Å²) in [6, 6.07) is 20.1. The van der Waals surface area contributed by atoms with E-state index in [4.69, 9.17) is 0 Å². The van der Waals surface area contributed by atoms with Gasteiger partial charge in [0.15, 0.2) is 11.6 Å². The van der Waals surface area contributed by atoms with E-state index < -0.39 is 11.6 Å². The van der Waals surface area contributed by atoms with Crippen molar-refractivity contribution in [2.75, 3.05) is 0 Å². The summed E-state index contributed by atoms with van der Waals surface area (Å²) < 4.78 is 29.4. The third-order valence-corrected chi connectivity index (χ3v) is 6.36. The third kappa shape index (κ3) is 6.76. The first-order valence-electron chi connectivity index (χ1n) is 12.3. The van der Waals surface area contributed by atoms with Crippen LogP contribution in [-0.2, 0) is 25.7 Å². The predicted octanol–water partition coefficient (Wildman–Crippen LogP) is 8.88. The van der Waals surface area contributed by atoms with Gasteiger partial charge in [-0.1, -0.05) is 107 Å². The fourth-order valence-corrected chi connectivity index (χ4v) is 4.18. The van der Waals surface area contributed by atoms with Crippen molar-refractivity contribution in [2.24, 2.45) is 0 Å². The third-order valence-electron chi connectivity index (χ3n) is 6.36. The van der Waals surface area contributed by atoms with Crippen LogP contribution >= 0.6 is 0 Å². The molecule has 0 atom stereocenters. The van der Waals surface area contributed by atoms with E-state index in [1.54, 1.807) is 12.1 Å². The zero-order valence-electron chi connectivity index (χ0n) is 19.6. The molecule has 0 heterocycles. The zero-order chi connectivity index (χ0) is 22.8. The SMILES string of the molecule is CCCCCCCCc1ccc(-c2ccc(CCc3ccc(CC)cc3)cc2)c(F)c1F. The Kier molecular flexibility index (Phi) is 9.46. The standard InChI is InChI=1S/C30H36F2/c1-3-5-6-7-8-9-10-27-21-22-28(30(32)29(27)31)26-19-17-25(18-20-26)16-15-24-13-11-23(4-2)12-14-24/h11-14,17-22H,3-10,15-16H2,1-2H3. The summed E-state index contributed by atoms with van der Waals surface area (Å²) in [6.07, 6.45) is 10.4. The molecule has 0 aliphatic carbocycles. The van der Waals surface area contributed by atoms with Crippen molar-refractivity contribution < 1.29 is 8.78 Å². The van der Waals surface area contributed by atoms with E-state index in [0.29, 0.717) is 17.5 Å². The molecule has 0 unspecified atom stereocenters. The number of rotatable bonds is 12. The van der Waals surface area contributed by atoms with Crippen LogP contribution in [0.4, 0.5) is 8.78 Å². The summed E-state index contributed by atoms with van der Waals surface area (Å²) in [5.41, 5.74) is 5.44. The summed E-state index contributed by atoms with van der Waals surface area (Å²) >= 11 is 0. The zero-order valence-corrected chi connectivity index (χ0v) is 19.6. The molecule has 0 amide bonds. The van der Waals surface area contributed by atoms with Gasteiger partial charge >= 0.3 is 0 Å². The first-order valence-corrected chi connectivity index (χ1v) is 12.3. The Morgan fingerprint density at radius 2 is 1.09 bits per heavy atom. The van der Waals surface area contributed by atoms with Gasteiger partial charge in [-0.15, -0.1) is 0 Å². The van der Waals surface area contributed by atoms with Crippen LogP contribution in [-0.4, -0.2) is 0 Å². The monoisotopic (exact) mass is 434 g/mol. The second kappa shape index (κ2) is 12.5. The number of unbranched alkanes of at least 4 members (excludes halogenated alkanes) is 5. The molecule has 3 aromatic carbocycles. The molecule has 0 nitrogen and oxygen atoms in total. The average molecular weight is 435 g/mol. The molecule has 0 aliphatic rings. The minimum absolute atomic E-state index is 0.343. The summed E-state index contributed by atoms with van der Waals surface area (Å²) in [5.74, 6) is -1.41. The average Bonchev–Trinajstić information content (AvgIpc) is 2.83. The normalized spacial score (nSPS) is 11.1. The van der Waals surface area contributed by atoms with Gasteiger partial charge in [-0.25, -0.2) is 8.78 Å². The number of hydrogen-bond acceptors (Lipinski definition) is 0. The molecule has 0 N–H and O–H groups in total. The molecule has 2 heteroatoms. The minimum atomic E-state index is -0.725. The molecular weight excluding hydrogens is 398 g/mol. The molecule has 0 saturated carbocycles. The second-order valence-corrected chi connectivity index (χ2v) is 8.78. The van der Waals surface area contributed by atoms with Gasteiger partial charge in [0.1, 0.15) is 0 Å². The van der Waals surface area contributed by atoms with Gasteiger partial charge in [0, 0.05) is 5.56 Å². The largest absolute Gasteiger partial charge is 0.203 e. The van der Waals surface area contributed by atoms with Gasteiger partial charge < -0.3 is 0 Å². The van der Waals surface area contributed by atoms with E-state index in [2.05, 4.69) is 38.1 Å². The van der Waals surface area contributed by atoms with Crippen LogP contribution in [0, 0.1) is 11.6 Å². The van der Waals surface area contributed by atoms with Gasteiger partial charge in [-0.3, -0.25) is 0 Å². The van der Waals surface area contributed by atoms with E-state index in [-0.39, 0.29) is 0 Å². The number of aryl methyl sites for hydroxylation is 4. The van der Waals surface area contributed by atoms with Crippen LogP contribution in [0.1, 0.15) is 74.6 Å². The van der Waals surface area contributed by atoms with Crippen molar-refractivity contribution in [2.45, 2.75) is 78.1 Å². The van der Waals surface area contributed by atoms with Crippen LogP contribution in [0.25, 0.3) is 11.1 Å². The van der Waals surface area contributed by atoms with Crippen molar-refractivity contribution in [1.82, 2.24) is 0 Å². The van der Waals surface area contributed by atoms with Crippen LogP contribution < -0.4 is 0 Å². The minimum Gasteiger partial charge on any atom is -0.203 e. The Balaban J connectivity index is 1.58. The van der Waals surface area contributed by atoms with Gasteiger partial charge in [0.05, 0.1) is 0 Å². The highest BCUT2D eigenvalue weighted by Crippen LogP contribution is 2.28. The van der Waals surface area contributed by atoms with Crippen molar-refractivity contribution in [3.63, 3.8) is 0 Å². The highest BCUT2D eigenvalue weighted by atomic mass is 19.2. The highest BCUT2D eigenvalue weighted by molar-refractivity contribution is 5.65. The maximum Gasteiger partial charge on any atom is 0.166 e. The summed E-state index contributed by atoms with van der Waals surface area (Å²) in [4.78, 5) is 0. The predicted molar refractivity (Wildman–Crippen MR) is 132 cm³/mol. The lowest BCUT2D eigenvalue weighted by Gasteiger charge is -2.10. The van der Waals surface area contributed by atoms with Gasteiger partial charge in [0.25, 0.3) is 0 Å². The van der Waals surface area contributed by atoms with Crippen LogP contribution in [0.15, 0.2) is 60.7 Å². The Labute approximate surface area is 192 Å². The van der Waals surface area contributed by atoms with Crippen LogP contribution in [0.2, 0.25) is 0 Å². The molecule has 170 valence electrons. The Morgan fingerprint density at radius 3 is 1.72 bits per heavy atom. The van der Waals surface area contributed by atoms with E-state index in [1.165, 1.54) is 42.4 Å². The molecule has 0 aromatic heterocycles. The fraction of sp³-hybridized carbons (Fsp3) is 0.400. The molecule has 3 aromatic rings. The van der Waals surface area contributed by atoms with Gasteiger partial charge in [0.2, 0.25) is 0 Å². The topological polar surface area (TPSA) is 0 Å². The Morgan fingerprint density at radius 1 is 0.531 bits per heavy atom. The number of hydrogen-bond donors (Lipinski definition) is 0.